The molecule has 0 spiro atoms. The molecule has 1 aromatic heterocycles. The molecule has 2 unspecified atom stereocenters. The number of carbonyl (C=O) groups excluding carboxylic acids is 1. The Hall–Kier alpha value is -1.85. The Balaban J connectivity index is 1.43. The number of hydrogen-bond acceptors (Lipinski definition) is 6. The first-order valence-corrected chi connectivity index (χ1v) is 15.5. The zero-order valence-electron chi connectivity index (χ0n) is 20.2. The van der Waals surface area contributed by atoms with E-state index in [1.807, 2.05) is 25.1 Å². The lowest BCUT2D eigenvalue weighted by atomic mass is 10.0. The lowest BCUT2D eigenvalue weighted by molar-refractivity contribution is 0.0917. The summed E-state index contributed by atoms with van der Waals surface area (Å²) in [7, 11) is -3.60. The number of anilines is 1. The van der Waals surface area contributed by atoms with Crippen molar-refractivity contribution in [1.82, 2.24) is 9.29 Å². The first-order valence-electron chi connectivity index (χ1n) is 12.5. The van der Waals surface area contributed by atoms with Crippen LogP contribution >= 0.6 is 27.3 Å². The second-order valence-electron chi connectivity index (χ2n) is 9.36. The van der Waals surface area contributed by atoms with Crippen molar-refractivity contribution in [3.05, 3.63) is 52.5 Å². The number of carbonyl (C=O) groups is 1. The maximum atomic E-state index is 13.7. The fraction of sp³-hybridized carbons (Fsp3) is 0.462. The second-order valence-corrected chi connectivity index (χ2v) is 13.2. The predicted molar refractivity (Wildman–Crippen MR) is 146 cm³/mol. The molecular formula is C26H30BrN3O4S2. The van der Waals surface area contributed by atoms with Crippen LogP contribution in [0.4, 0.5) is 5.13 Å². The number of piperidine rings is 1. The van der Waals surface area contributed by atoms with Crippen molar-refractivity contribution in [2.24, 2.45) is 0 Å². The second kappa shape index (κ2) is 10.9. The number of benzene rings is 2. The molecule has 7 nitrogen and oxygen atoms in total. The Morgan fingerprint density at radius 3 is 2.69 bits per heavy atom. The summed E-state index contributed by atoms with van der Waals surface area (Å²) in [6.45, 7) is 3.68. The fourth-order valence-corrected chi connectivity index (χ4v) is 8.29. The van der Waals surface area contributed by atoms with Gasteiger partial charge < -0.3 is 4.74 Å². The van der Waals surface area contributed by atoms with Crippen LogP contribution in [0.3, 0.4) is 0 Å². The van der Waals surface area contributed by atoms with Gasteiger partial charge in [-0.25, -0.2) is 13.4 Å². The first kappa shape index (κ1) is 25.8. The number of nitrogens with zero attached hydrogens (tertiary/aromatic N) is 3. The minimum atomic E-state index is -3.60. The van der Waals surface area contributed by atoms with E-state index in [1.165, 1.54) is 11.3 Å². The minimum Gasteiger partial charge on any atom is -0.376 e. The van der Waals surface area contributed by atoms with E-state index in [-0.39, 0.29) is 22.9 Å². The van der Waals surface area contributed by atoms with E-state index in [0.29, 0.717) is 30.4 Å². The van der Waals surface area contributed by atoms with Crippen molar-refractivity contribution >= 4 is 58.5 Å². The molecule has 0 saturated carbocycles. The van der Waals surface area contributed by atoms with Gasteiger partial charge in [0.15, 0.2) is 5.13 Å². The summed E-state index contributed by atoms with van der Waals surface area (Å²) in [4.78, 5) is 20.3. The molecule has 0 aliphatic carbocycles. The number of rotatable bonds is 7. The highest BCUT2D eigenvalue weighted by atomic mass is 79.9. The monoisotopic (exact) mass is 591 g/mol. The molecule has 2 aromatic carbocycles. The highest BCUT2D eigenvalue weighted by Gasteiger charge is 2.33. The van der Waals surface area contributed by atoms with Gasteiger partial charge in [0.05, 0.1) is 27.8 Å². The number of aromatic nitrogens is 1. The fourth-order valence-electron chi connectivity index (χ4n) is 5.00. The molecule has 36 heavy (non-hydrogen) atoms. The van der Waals surface area contributed by atoms with Crippen LogP contribution in [0.15, 0.2) is 51.8 Å². The molecule has 2 atom stereocenters. The summed E-state index contributed by atoms with van der Waals surface area (Å²) in [5.41, 5.74) is 1.26. The van der Waals surface area contributed by atoms with E-state index in [4.69, 9.17) is 9.72 Å². The molecule has 2 aliphatic heterocycles. The van der Waals surface area contributed by atoms with Crippen LogP contribution in [-0.2, 0) is 14.8 Å². The third-order valence-corrected chi connectivity index (χ3v) is 10.5. The normalized spacial score (nSPS) is 21.2. The summed E-state index contributed by atoms with van der Waals surface area (Å²) >= 11 is 4.96. The smallest absolute Gasteiger partial charge is 0.260 e. The van der Waals surface area contributed by atoms with Crippen molar-refractivity contribution in [3.8, 4) is 0 Å². The number of halogens is 1. The van der Waals surface area contributed by atoms with Gasteiger partial charge in [0, 0.05) is 29.2 Å². The SMILES string of the molecule is CCC1CCCCN1S(=O)(=O)c1ccc(C(=O)N(CC2CCCO2)c2nc3ccc(Br)cc3s2)cc1. The number of thiazole rings is 1. The van der Waals surface area contributed by atoms with E-state index in [1.54, 1.807) is 33.5 Å². The van der Waals surface area contributed by atoms with Crippen molar-refractivity contribution in [2.75, 3.05) is 24.6 Å². The van der Waals surface area contributed by atoms with E-state index < -0.39 is 10.0 Å². The van der Waals surface area contributed by atoms with Crippen LogP contribution in [0.5, 0.6) is 0 Å². The van der Waals surface area contributed by atoms with Crippen molar-refractivity contribution in [3.63, 3.8) is 0 Å². The average Bonchev–Trinajstić information content (AvgIpc) is 3.56. The van der Waals surface area contributed by atoms with Crippen LogP contribution in [0.25, 0.3) is 10.2 Å². The first-order chi connectivity index (χ1) is 17.4. The van der Waals surface area contributed by atoms with Gasteiger partial charge in [-0.3, -0.25) is 9.69 Å². The van der Waals surface area contributed by atoms with Gasteiger partial charge in [0.25, 0.3) is 5.91 Å². The Labute approximate surface area is 224 Å². The predicted octanol–water partition coefficient (Wildman–Crippen LogP) is 5.84. The number of hydrogen-bond donors (Lipinski definition) is 0. The molecule has 5 rings (SSSR count). The number of fused-ring (bicyclic) bond motifs is 1. The summed E-state index contributed by atoms with van der Waals surface area (Å²) < 4.78 is 36.1. The van der Waals surface area contributed by atoms with Crippen LogP contribution < -0.4 is 4.90 Å². The molecule has 192 valence electrons. The van der Waals surface area contributed by atoms with Crippen molar-refractivity contribution < 1.29 is 17.9 Å². The van der Waals surface area contributed by atoms with Gasteiger partial charge in [0.2, 0.25) is 10.0 Å². The lowest BCUT2D eigenvalue weighted by Gasteiger charge is -2.34. The number of ether oxygens (including phenoxy) is 1. The molecule has 2 fully saturated rings. The average molecular weight is 593 g/mol. The van der Waals surface area contributed by atoms with Gasteiger partial charge in [0.1, 0.15) is 0 Å². The number of sulfonamides is 1. The molecule has 2 aliphatic rings. The van der Waals surface area contributed by atoms with Crippen molar-refractivity contribution in [1.29, 1.82) is 0 Å². The maximum absolute atomic E-state index is 13.7. The largest absolute Gasteiger partial charge is 0.376 e. The van der Waals surface area contributed by atoms with Crippen LogP contribution in [-0.4, -0.2) is 55.5 Å². The van der Waals surface area contributed by atoms with E-state index in [0.717, 1.165) is 53.2 Å². The van der Waals surface area contributed by atoms with Crippen LogP contribution in [0.1, 0.15) is 55.8 Å². The van der Waals surface area contributed by atoms with E-state index in [2.05, 4.69) is 15.9 Å². The number of amides is 1. The molecule has 2 saturated heterocycles. The van der Waals surface area contributed by atoms with Gasteiger partial charge >= 0.3 is 0 Å². The molecule has 0 bridgehead atoms. The molecule has 10 heteroatoms. The molecule has 0 radical (unpaired) electrons. The Kier molecular flexibility index (Phi) is 7.78. The maximum Gasteiger partial charge on any atom is 0.260 e. The molecular weight excluding hydrogens is 562 g/mol. The Morgan fingerprint density at radius 1 is 1.17 bits per heavy atom. The summed E-state index contributed by atoms with van der Waals surface area (Å²) in [5, 5.41) is 0.611. The van der Waals surface area contributed by atoms with Gasteiger partial charge in [-0.15, -0.1) is 0 Å². The van der Waals surface area contributed by atoms with E-state index in [9.17, 15) is 13.2 Å². The summed E-state index contributed by atoms with van der Waals surface area (Å²) in [6, 6.07) is 12.2. The standard InChI is InChI=1S/C26H30BrN3O4S2/c1-2-20-6-3-4-14-30(20)36(32,33)22-11-8-18(9-12-22)25(31)29(17-21-7-5-15-34-21)26-28-23-13-10-19(27)16-24(23)35-26/h8-13,16,20-21H,2-7,14-15,17H2,1H3. The summed E-state index contributed by atoms with van der Waals surface area (Å²) in [5.74, 6) is -0.211. The van der Waals surface area contributed by atoms with Gasteiger partial charge in [-0.1, -0.05) is 40.6 Å². The summed E-state index contributed by atoms with van der Waals surface area (Å²) in [6.07, 6.45) is 5.45. The van der Waals surface area contributed by atoms with Gasteiger partial charge in [-0.2, -0.15) is 4.31 Å². The van der Waals surface area contributed by atoms with Gasteiger partial charge in [-0.05, 0) is 74.6 Å². The van der Waals surface area contributed by atoms with E-state index >= 15 is 0 Å². The highest BCUT2D eigenvalue weighted by Crippen LogP contribution is 2.33. The minimum absolute atomic E-state index is 0.0334. The molecule has 1 amide bonds. The Bertz CT molecular complexity index is 1340. The molecule has 3 heterocycles. The highest BCUT2D eigenvalue weighted by molar-refractivity contribution is 9.10. The van der Waals surface area contributed by atoms with Crippen molar-refractivity contribution in [2.45, 2.75) is 62.5 Å². The lowest BCUT2D eigenvalue weighted by Crippen LogP contribution is -2.43. The zero-order chi connectivity index (χ0) is 25.3. The third kappa shape index (κ3) is 5.24. The molecule has 3 aromatic rings. The topological polar surface area (TPSA) is 79.8 Å². The molecule has 0 N–H and O–H groups in total. The van der Waals surface area contributed by atoms with Crippen LogP contribution in [0.2, 0.25) is 0 Å². The Morgan fingerprint density at radius 2 is 1.97 bits per heavy atom. The third-order valence-electron chi connectivity index (χ3n) is 6.98. The zero-order valence-corrected chi connectivity index (χ0v) is 23.4. The van der Waals surface area contributed by atoms with Crippen LogP contribution in [0, 0.1) is 0 Å². The quantitative estimate of drug-likeness (QED) is 0.345.